The summed E-state index contributed by atoms with van der Waals surface area (Å²) in [6.07, 6.45) is 4.74. The van der Waals surface area contributed by atoms with Crippen molar-refractivity contribution in [1.29, 1.82) is 0 Å². The van der Waals surface area contributed by atoms with E-state index in [-0.39, 0.29) is 5.97 Å². The van der Waals surface area contributed by atoms with Crippen molar-refractivity contribution < 1.29 is 14.3 Å². The number of nitrogens with zero attached hydrogens (tertiary/aromatic N) is 1. The summed E-state index contributed by atoms with van der Waals surface area (Å²) in [5.74, 6) is 0.425. The Morgan fingerprint density at radius 3 is 2.95 bits per heavy atom. The predicted molar refractivity (Wildman–Crippen MR) is 74.0 cm³/mol. The fraction of sp³-hybridized carbons (Fsp3) is 0.200. The molecule has 0 fully saturated rings. The second-order valence-corrected chi connectivity index (χ2v) is 3.87. The maximum absolute atomic E-state index is 11.3. The fourth-order valence-corrected chi connectivity index (χ4v) is 1.78. The molecule has 0 aliphatic carbocycles. The average Bonchev–Trinajstić information content (AvgIpc) is 2.44. The number of ether oxygens (including phenoxy) is 2. The summed E-state index contributed by atoms with van der Waals surface area (Å²) < 4.78 is 10.0. The van der Waals surface area contributed by atoms with Crippen molar-refractivity contribution in [1.82, 2.24) is 4.98 Å². The molecule has 0 saturated carbocycles. The summed E-state index contributed by atoms with van der Waals surface area (Å²) in [4.78, 5) is 15.6. The molecule has 98 valence electrons. The summed E-state index contributed by atoms with van der Waals surface area (Å²) in [6.45, 7) is 2.14. The molecule has 0 radical (unpaired) electrons. The second kappa shape index (κ2) is 6.00. The smallest absolute Gasteiger partial charge is 0.330 e. The molecule has 4 heteroatoms. The van der Waals surface area contributed by atoms with Crippen LogP contribution < -0.4 is 4.74 Å². The highest BCUT2D eigenvalue weighted by atomic mass is 16.5. The Labute approximate surface area is 111 Å². The molecule has 0 N–H and O–H groups in total. The van der Waals surface area contributed by atoms with E-state index in [0.29, 0.717) is 6.61 Å². The number of fused-ring (bicyclic) bond motifs is 1. The number of esters is 1. The molecule has 0 atom stereocenters. The van der Waals surface area contributed by atoms with E-state index in [1.807, 2.05) is 24.3 Å². The molecule has 0 spiro atoms. The second-order valence-electron chi connectivity index (χ2n) is 3.87. The van der Waals surface area contributed by atoms with Crippen molar-refractivity contribution in [3.05, 3.63) is 42.2 Å². The summed E-state index contributed by atoms with van der Waals surface area (Å²) in [6, 6.07) is 7.62. The molecule has 1 aromatic carbocycles. The number of hydrogen-bond donors (Lipinski definition) is 0. The number of carbonyl (C=O) groups excluding carboxylic acids is 1. The molecule has 0 amide bonds. The molecule has 2 rings (SSSR count). The molecular weight excluding hydrogens is 242 g/mol. The van der Waals surface area contributed by atoms with Crippen LogP contribution in [0, 0.1) is 0 Å². The Morgan fingerprint density at radius 2 is 2.21 bits per heavy atom. The van der Waals surface area contributed by atoms with Gasteiger partial charge in [0.15, 0.2) is 0 Å². The Hall–Kier alpha value is -2.36. The van der Waals surface area contributed by atoms with Crippen LogP contribution in [-0.4, -0.2) is 24.7 Å². The van der Waals surface area contributed by atoms with Gasteiger partial charge >= 0.3 is 5.97 Å². The third-order valence-electron chi connectivity index (χ3n) is 2.67. The molecule has 4 nitrogen and oxygen atoms in total. The minimum atomic E-state index is -0.366. The van der Waals surface area contributed by atoms with Crippen LogP contribution in [0.25, 0.3) is 16.8 Å². The molecule has 0 unspecified atom stereocenters. The van der Waals surface area contributed by atoms with Gasteiger partial charge in [-0.25, -0.2) is 4.79 Å². The van der Waals surface area contributed by atoms with Gasteiger partial charge < -0.3 is 9.47 Å². The van der Waals surface area contributed by atoms with Crippen LogP contribution in [0.3, 0.4) is 0 Å². The summed E-state index contributed by atoms with van der Waals surface area (Å²) in [7, 11) is 1.63. The molecule has 19 heavy (non-hydrogen) atoms. The minimum absolute atomic E-state index is 0.364. The summed E-state index contributed by atoms with van der Waals surface area (Å²) in [5, 5.41) is 1.97. The van der Waals surface area contributed by atoms with Crippen molar-refractivity contribution in [2.24, 2.45) is 0 Å². The van der Waals surface area contributed by atoms with E-state index in [4.69, 9.17) is 9.47 Å². The number of benzene rings is 1. The highest BCUT2D eigenvalue weighted by Crippen LogP contribution is 2.23. The lowest BCUT2D eigenvalue weighted by Gasteiger charge is -2.04. The van der Waals surface area contributed by atoms with Gasteiger partial charge in [-0.2, -0.15) is 0 Å². The number of pyridine rings is 1. The summed E-state index contributed by atoms with van der Waals surface area (Å²) in [5.41, 5.74) is 0.730. The zero-order valence-corrected chi connectivity index (χ0v) is 10.9. The van der Waals surface area contributed by atoms with Gasteiger partial charge in [-0.1, -0.05) is 0 Å². The average molecular weight is 257 g/mol. The first-order valence-electron chi connectivity index (χ1n) is 6.02. The largest absolute Gasteiger partial charge is 0.497 e. The van der Waals surface area contributed by atoms with Gasteiger partial charge in [0.1, 0.15) is 5.75 Å². The first-order valence-corrected chi connectivity index (χ1v) is 6.02. The van der Waals surface area contributed by atoms with E-state index in [9.17, 15) is 4.79 Å². The minimum Gasteiger partial charge on any atom is -0.497 e. The van der Waals surface area contributed by atoms with Crippen molar-refractivity contribution in [3.8, 4) is 5.75 Å². The first kappa shape index (κ1) is 13.1. The van der Waals surface area contributed by atoms with Gasteiger partial charge in [-0.15, -0.1) is 0 Å². The highest BCUT2D eigenvalue weighted by Gasteiger charge is 2.02. The van der Waals surface area contributed by atoms with E-state index in [2.05, 4.69) is 4.98 Å². The molecule has 0 bridgehead atoms. The Bertz CT molecular complexity index is 620. The molecular formula is C15H15NO3. The SMILES string of the molecule is CCOC(=O)/C=C/c1nccc2cc(OC)ccc12. The monoisotopic (exact) mass is 257 g/mol. The van der Waals surface area contributed by atoms with Gasteiger partial charge in [-0.05, 0) is 42.7 Å². The van der Waals surface area contributed by atoms with Gasteiger partial charge in [0.05, 0.1) is 19.4 Å². The van der Waals surface area contributed by atoms with Crippen LogP contribution in [-0.2, 0) is 9.53 Å². The molecule has 0 aliphatic heterocycles. The Kier molecular flexibility index (Phi) is 4.13. The molecule has 0 aliphatic rings. The van der Waals surface area contributed by atoms with Crippen molar-refractivity contribution in [3.63, 3.8) is 0 Å². The van der Waals surface area contributed by atoms with Crippen LogP contribution in [0.1, 0.15) is 12.6 Å². The molecule has 0 saturated heterocycles. The number of carbonyl (C=O) groups is 1. The van der Waals surface area contributed by atoms with E-state index in [1.54, 1.807) is 26.3 Å². The van der Waals surface area contributed by atoms with Crippen LogP contribution in [0.2, 0.25) is 0 Å². The number of hydrogen-bond acceptors (Lipinski definition) is 4. The van der Waals surface area contributed by atoms with E-state index in [0.717, 1.165) is 22.2 Å². The standard InChI is InChI=1S/C15H15NO3/c1-3-19-15(17)7-6-14-13-5-4-12(18-2)10-11(13)8-9-16-14/h4-10H,3H2,1-2H3/b7-6+. The lowest BCUT2D eigenvalue weighted by Crippen LogP contribution is -1.98. The van der Waals surface area contributed by atoms with Crippen molar-refractivity contribution in [2.75, 3.05) is 13.7 Å². The van der Waals surface area contributed by atoms with E-state index < -0.39 is 0 Å². The van der Waals surface area contributed by atoms with Crippen LogP contribution in [0.4, 0.5) is 0 Å². The predicted octanol–water partition coefficient (Wildman–Crippen LogP) is 2.82. The maximum Gasteiger partial charge on any atom is 0.330 e. The van der Waals surface area contributed by atoms with Crippen molar-refractivity contribution in [2.45, 2.75) is 6.92 Å². The lowest BCUT2D eigenvalue weighted by atomic mass is 10.1. The van der Waals surface area contributed by atoms with Gasteiger partial charge in [0.2, 0.25) is 0 Å². The molecule has 1 aromatic heterocycles. The fourth-order valence-electron chi connectivity index (χ4n) is 1.78. The number of rotatable bonds is 4. The van der Waals surface area contributed by atoms with Gasteiger partial charge in [0.25, 0.3) is 0 Å². The third-order valence-corrected chi connectivity index (χ3v) is 2.67. The topological polar surface area (TPSA) is 48.4 Å². The normalized spacial score (nSPS) is 10.8. The third kappa shape index (κ3) is 3.10. The first-order chi connectivity index (χ1) is 9.24. The highest BCUT2D eigenvalue weighted by molar-refractivity contribution is 5.94. The van der Waals surface area contributed by atoms with Crippen LogP contribution >= 0.6 is 0 Å². The lowest BCUT2D eigenvalue weighted by molar-refractivity contribution is -0.137. The zero-order valence-electron chi connectivity index (χ0n) is 10.9. The van der Waals surface area contributed by atoms with Gasteiger partial charge in [0, 0.05) is 17.7 Å². The summed E-state index contributed by atoms with van der Waals surface area (Å²) >= 11 is 0. The maximum atomic E-state index is 11.3. The zero-order chi connectivity index (χ0) is 13.7. The Balaban J connectivity index is 2.36. The number of aromatic nitrogens is 1. The molecule has 2 aromatic rings. The Morgan fingerprint density at radius 1 is 1.37 bits per heavy atom. The molecule has 1 heterocycles. The quantitative estimate of drug-likeness (QED) is 0.624. The van der Waals surface area contributed by atoms with E-state index in [1.165, 1.54) is 6.08 Å². The van der Waals surface area contributed by atoms with E-state index >= 15 is 0 Å². The van der Waals surface area contributed by atoms with Crippen LogP contribution in [0.5, 0.6) is 5.75 Å². The van der Waals surface area contributed by atoms with Crippen molar-refractivity contribution >= 4 is 22.8 Å². The van der Waals surface area contributed by atoms with Gasteiger partial charge in [-0.3, -0.25) is 4.98 Å². The number of methoxy groups -OCH3 is 1. The van der Waals surface area contributed by atoms with Crippen LogP contribution in [0.15, 0.2) is 36.5 Å².